The monoisotopic (exact) mass is 533 g/mol. The molecule has 30 heavy (non-hydrogen) atoms. The van der Waals surface area contributed by atoms with Crippen molar-refractivity contribution in [3.05, 3.63) is 71.1 Å². The number of nitro benzene ring substituents is 1. The van der Waals surface area contributed by atoms with Crippen molar-refractivity contribution in [2.45, 2.75) is 13.3 Å². The third kappa shape index (κ3) is 4.39. The van der Waals surface area contributed by atoms with Gasteiger partial charge in [-0.3, -0.25) is 14.9 Å². The highest BCUT2D eigenvalue weighted by atomic mass is 79.9. The molecule has 0 aliphatic rings. The lowest BCUT2D eigenvalue weighted by molar-refractivity contribution is -0.385. The maximum atomic E-state index is 12.9. The zero-order valence-corrected chi connectivity index (χ0v) is 18.7. The molecule has 0 saturated carbocycles. The molecule has 1 aromatic heterocycles. The van der Waals surface area contributed by atoms with Crippen LogP contribution in [0.2, 0.25) is 0 Å². The summed E-state index contributed by atoms with van der Waals surface area (Å²) in [5, 5.41) is 24.7. The summed E-state index contributed by atoms with van der Waals surface area (Å²) in [5.74, 6) is 0.399. The summed E-state index contributed by atoms with van der Waals surface area (Å²) in [6.45, 7) is 1.52. The van der Waals surface area contributed by atoms with E-state index in [1.54, 1.807) is 30.3 Å². The van der Waals surface area contributed by atoms with Gasteiger partial charge in [0.15, 0.2) is 6.61 Å². The number of ether oxygens (including phenoxy) is 1. The molecule has 0 fully saturated rings. The molecular formula is C19H13Br2N5O4. The van der Waals surface area contributed by atoms with Crippen LogP contribution in [0, 0.1) is 21.4 Å². The van der Waals surface area contributed by atoms with Gasteiger partial charge in [0.05, 0.1) is 26.5 Å². The molecule has 0 saturated heterocycles. The van der Waals surface area contributed by atoms with E-state index in [-0.39, 0.29) is 28.1 Å². The molecule has 0 aliphatic carbocycles. The van der Waals surface area contributed by atoms with Gasteiger partial charge in [0, 0.05) is 22.5 Å². The molecule has 3 rings (SSSR count). The van der Waals surface area contributed by atoms with Crippen LogP contribution in [0.1, 0.15) is 18.3 Å². The van der Waals surface area contributed by atoms with E-state index < -0.39 is 4.92 Å². The number of benzene rings is 2. The van der Waals surface area contributed by atoms with Gasteiger partial charge in [-0.1, -0.05) is 22.9 Å². The van der Waals surface area contributed by atoms with E-state index >= 15 is 0 Å². The third-order valence-corrected chi connectivity index (χ3v) is 5.12. The van der Waals surface area contributed by atoms with Crippen LogP contribution in [-0.2, 0) is 6.42 Å². The summed E-state index contributed by atoms with van der Waals surface area (Å²) >= 11 is 6.56. The van der Waals surface area contributed by atoms with Crippen molar-refractivity contribution in [2.24, 2.45) is 5.10 Å². The van der Waals surface area contributed by atoms with Crippen molar-refractivity contribution < 1.29 is 9.66 Å². The Morgan fingerprint density at radius 1 is 1.37 bits per heavy atom. The SMILES string of the molecule is CCc1nc2ccc(Br)cc2c(=O)n1N=Cc1cc(Br)c(OCC#N)c([N+](=O)[O-])c1. The molecule has 11 heteroatoms. The molecule has 2 aromatic carbocycles. The summed E-state index contributed by atoms with van der Waals surface area (Å²) in [4.78, 5) is 28.2. The summed E-state index contributed by atoms with van der Waals surface area (Å²) in [7, 11) is 0. The molecule has 9 nitrogen and oxygen atoms in total. The van der Waals surface area contributed by atoms with Gasteiger partial charge in [-0.05, 0) is 40.2 Å². The standard InChI is InChI=1S/C19H13Br2N5O4/c1-2-17-24-15-4-3-12(20)9-13(15)19(27)25(17)23-10-11-7-14(21)18(30-6-5-22)16(8-11)26(28)29/h3-4,7-10H,2,6H2,1H3. The molecular weight excluding hydrogens is 522 g/mol. The molecule has 1 heterocycles. The Bertz CT molecular complexity index is 1280. The van der Waals surface area contributed by atoms with Gasteiger partial charge < -0.3 is 4.74 Å². The van der Waals surface area contributed by atoms with Gasteiger partial charge in [-0.2, -0.15) is 15.0 Å². The van der Waals surface area contributed by atoms with Crippen molar-refractivity contribution in [3.63, 3.8) is 0 Å². The van der Waals surface area contributed by atoms with E-state index in [4.69, 9.17) is 10.00 Å². The second-order valence-corrected chi connectivity index (χ2v) is 7.73. The maximum Gasteiger partial charge on any atom is 0.312 e. The molecule has 0 N–H and O–H groups in total. The number of halogens is 2. The number of hydrogen-bond donors (Lipinski definition) is 0. The maximum absolute atomic E-state index is 12.9. The molecule has 0 amide bonds. The predicted molar refractivity (Wildman–Crippen MR) is 118 cm³/mol. The minimum Gasteiger partial charge on any atom is -0.471 e. The Morgan fingerprint density at radius 2 is 2.13 bits per heavy atom. The Morgan fingerprint density at radius 3 is 2.80 bits per heavy atom. The first-order valence-electron chi connectivity index (χ1n) is 8.59. The van der Waals surface area contributed by atoms with Crippen LogP contribution >= 0.6 is 31.9 Å². The highest BCUT2D eigenvalue weighted by Gasteiger charge is 2.20. The molecule has 0 bridgehead atoms. The number of fused-ring (bicyclic) bond motifs is 1. The minimum atomic E-state index is -0.618. The van der Waals surface area contributed by atoms with Crippen molar-refractivity contribution in [3.8, 4) is 11.8 Å². The van der Waals surface area contributed by atoms with E-state index in [0.717, 1.165) is 4.47 Å². The van der Waals surface area contributed by atoms with Crippen LogP contribution in [0.5, 0.6) is 5.75 Å². The highest BCUT2D eigenvalue weighted by molar-refractivity contribution is 9.10. The average molecular weight is 535 g/mol. The van der Waals surface area contributed by atoms with Gasteiger partial charge >= 0.3 is 5.69 Å². The van der Waals surface area contributed by atoms with Crippen LogP contribution in [0.3, 0.4) is 0 Å². The summed E-state index contributed by atoms with van der Waals surface area (Å²) in [6.07, 6.45) is 1.79. The van der Waals surface area contributed by atoms with E-state index in [9.17, 15) is 14.9 Å². The fraction of sp³-hybridized carbons (Fsp3) is 0.158. The Balaban J connectivity index is 2.10. The zero-order chi connectivity index (χ0) is 21.8. The van der Waals surface area contributed by atoms with Crippen molar-refractivity contribution in [1.82, 2.24) is 9.66 Å². The first kappa shape index (κ1) is 21.6. The van der Waals surface area contributed by atoms with Crippen molar-refractivity contribution >= 4 is 54.7 Å². The molecule has 3 aromatic rings. The number of rotatable bonds is 6. The second-order valence-electron chi connectivity index (χ2n) is 5.96. The third-order valence-electron chi connectivity index (χ3n) is 4.04. The molecule has 0 spiro atoms. The Labute approximate surface area is 187 Å². The first-order chi connectivity index (χ1) is 14.3. The topological polar surface area (TPSA) is 123 Å². The van der Waals surface area contributed by atoms with Gasteiger partial charge in [0.2, 0.25) is 5.75 Å². The van der Waals surface area contributed by atoms with E-state index in [1.807, 2.05) is 6.92 Å². The smallest absolute Gasteiger partial charge is 0.312 e. The summed E-state index contributed by atoms with van der Waals surface area (Å²) in [6, 6.07) is 9.78. The lowest BCUT2D eigenvalue weighted by Crippen LogP contribution is -2.22. The zero-order valence-electron chi connectivity index (χ0n) is 15.5. The fourth-order valence-corrected chi connectivity index (χ4v) is 3.67. The number of aryl methyl sites for hydroxylation is 1. The van der Waals surface area contributed by atoms with Crippen LogP contribution in [0.15, 0.2) is 49.2 Å². The number of nitro groups is 1. The normalized spacial score (nSPS) is 11.0. The highest BCUT2D eigenvalue weighted by Crippen LogP contribution is 2.36. The van der Waals surface area contributed by atoms with Gasteiger partial charge in [-0.15, -0.1) is 0 Å². The van der Waals surface area contributed by atoms with Crippen LogP contribution in [-0.4, -0.2) is 27.4 Å². The lowest BCUT2D eigenvalue weighted by atomic mass is 10.2. The van der Waals surface area contributed by atoms with E-state index in [1.165, 1.54) is 17.0 Å². The van der Waals surface area contributed by atoms with Gasteiger partial charge in [0.1, 0.15) is 11.9 Å². The molecule has 0 radical (unpaired) electrons. The average Bonchev–Trinajstić information content (AvgIpc) is 2.72. The Kier molecular flexibility index (Phi) is 6.59. The van der Waals surface area contributed by atoms with Gasteiger partial charge in [-0.25, -0.2) is 4.98 Å². The summed E-state index contributed by atoms with van der Waals surface area (Å²) < 4.78 is 7.35. The molecule has 0 aliphatic heterocycles. The van der Waals surface area contributed by atoms with Crippen LogP contribution in [0.4, 0.5) is 5.69 Å². The van der Waals surface area contributed by atoms with E-state index in [2.05, 4.69) is 41.9 Å². The number of nitriles is 1. The number of hydrogen-bond acceptors (Lipinski definition) is 7. The predicted octanol–water partition coefficient (Wildman–Crippen LogP) is 4.18. The number of nitrogens with zero attached hydrogens (tertiary/aromatic N) is 5. The Hall–Kier alpha value is -3.10. The quantitative estimate of drug-likeness (QED) is 0.265. The first-order valence-corrected chi connectivity index (χ1v) is 10.2. The van der Waals surface area contributed by atoms with Gasteiger partial charge in [0.25, 0.3) is 5.56 Å². The lowest BCUT2D eigenvalue weighted by Gasteiger charge is -2.08. The largest absolute Gasteiger partial charge is 0.471 e. The van der Waals surface area contributed by atoms with E-state index in [0.29, 0.717) is 28.7 Å². The van der Waals surface area contributed by atoms with Crippen LogP contribution in [0.25, 0.3) is 10.9 Å². The number of aromatic nitrogens is 2. The van der Waals surface area contributed by atoms with Crippen molar-refractivity contribution in [1.29, 1.82) is 5.26 Å². The second kappa shape index (κ2) is 9.15. The van der Waals surface area contributed by atoms with Crippen LogP contribution < -0.4 is 10.3 Å². The van der Waals surface area contributed by atoms with Crippen molar-refractivity contribution in [2.75, 3.05) is 6.61 Å². The summed E-state index contributed by atoms with van der Waals surface area (Å²) in [5.41, 5.74) is 0.242. The minimum absolute atomic E-state index is 0.0534. The molecule has 152 valence electrons. The molecule has 0 unspecified atom stereocenters. The molecule has 0 atom stereocenters. The fourth-order valence-electron chi connectivity index (χ4n) is 2.72.